The van der Waals surface area contributed by atoms with E-state index in [1.807, 2.05) is 6.92 Å². The third-order valence-corrected chi connectivity index (χ3v) is 4.84. The number of anilines is 2. The second-order valence-corrected chi connectivity index (χ2v) is 7.81. The number of hydrogen-bond acceptors (Lipinski definition) is 7. The van der Waals surface area contributed by atoms with Crippen LogP contribution in [0, 0.1) is 0 Å². The number of unbranched alkanes of at least 4 members (excludes halogenated alkanes) is 1. The normalized spacial score (nSPS) is 10.2. The topological polar surface area (TPSA) is 128 Å². The van der Waals surface area contributed by atoms with Gasteiger partial charge in [0.1, 0.15) is 0 Å². The number of ketones is 1. The van der Waals surface area contributed by atoms with E-state index < -0.39 is 24.5 Å². The fraction of sp³-hybridized carbons (Fsp3) is 0.346. The standard InChI is InChI=1S/C26H30N2O7/c1-3-4-15-34-26(33)19-11-13-21(14-12-19)27-23(30)9-6-10-25(32)35-17-24(31)28-22-8-5-7-20(16-22)18(2)29/h5,7-8,11-14,16H,3-4,6,9-10,15,17H2,1-2H3,(H,27,30)(H,28,31). The lowest BCUT2D eigenvalue weighted by atomic mass is 10.1. The van der Waals surface area contributed by atoms with E-state index in [1.54, 1.807) is 42.5 Å². The fourth-order valence-electron chi connectivity index (χ4n) is 2.93. The lowest BCUT2D eigenvalue weighted by Crippen LogP contribution is -2.21. The average Bonchev–Trinajstić information content (AvgIpc) is 2.83. The van der Waals surface area contributed by atoms with Crippen molar-refractivity contribution < 1.29 is 33.4 Å². The molecule has 9 nitrogen and oxygen atoms in total. The van der Waals surface area contributed by atoms with Crippen LogP contribution < -0.4 is 10.6 Å². The fourth-order valence-corrected chi connectivity index (χ4v) is 2.93. The Morgan fingerprint density at radius 3 is 2.17 bits per heavy atom. The Morgan fingerprint density at radius 1 is 0.771 bits per heavy atom. The van der Waals surface area contributed by atoms with E-state index in [9.17, 15) is 24.0 Å². The predicted octanol–water partition coefficient (Wildman–Crippen LogP) is 4.14. The second-order valence-electron chi connectivity index (χ2n) is 7.81. The third kappa shape index (κ3) is 10.2. The van der Waals surface area contributed by atoms with Crippen LogP contribution in [0.15, 0.2) is 48.5 Å². The number of esters is 2. The molecule has 0 aliphatic rings. The molecule has 35 heavy (non-hydrogen) atoms. The van der Waals surface area contributed by atoms with Crippen LogP contribution in [0.1, 0.15) is 66.7 Å². The highest BCUT2D eigenvalue weighted by Crippen LogP contribution is 2.13. The van der Waals surface area contributed by atoms with Crippen LogP contribution in [0.4, 0.5) is 11.4 Å². The first kappa shape index (κ1) is 27.2. The van der Waals surface area contributed by atoms with Gasteiger partial charge in [0.2, 0.25) is 5.91 Å². The zero-order chi connectivity index (χ0) is 25.6. The second kappa shape index (κ2) is 14.3. The minimum absolute atomic E-state index is 0.0247. The average molecular weight is 483 g/mol. The first-order chi connectivity index (χ1) is 16.8. The van der Waals surface area contributed by atoms with Crippen molar-refractivity contribution in [3.63, 3.8) is 0 Å². The van der Waals surface area contributed by atoms with Crippen LogP contribution in [0.5, 0.6) is 0 Å². The summed E-state index contributed by atoms with van der Waals surface area (Å²) in [6.45, 7) is 3.33. The molecule has 0 saturated carbocycles. The number of carbonyl (C=O) groups excluding carboxylic acids is 5. The summed E-state index contributed by atoms with van der Waals surface area (Å²) >= 11 is 0. The molecule has 2 rings (SSSR count). The largest absolute Gasteiger partial charge is 0.462 e. The number of nitrogens with one attached hydrogen (secondary N) is 2. The van der Waals surface area contributed by atoms with E-state index in [0.29, 0.717) is 29.1 Å². The Hall–Kier alpha value is -4.01. The van der Waals surface area contributed by atoms with Gasteiger partial charge in [-0.15, -0.1) is 0 Å². The third-order valence-electron chi connectivity index (χ3n) is 4.84. The van der Waals surface area contributed by atoms with Gasteiger partial charge in [-0.2, -0.15) is 0 Å². The summed E-state index contributed by atoms with van der Waals surface area (Å²) in [6, 6.07) is 12.8. The highest BCUT2D eigenvalue weighted by molar-refractivity contribution is 5.97. The summed E-state index contributed by atoms with van der Waals surface area (Å²) in [4.78, 5) is 59.2. The molecule has 0 spiro atoms. The van der Waals surface area contributed by atoms with E-state index >= 15 is 0 Å². The van der Waals surface area contributed by atoms with Crippen molar-refractivity contribution >= 4 is 40.9 Å². The Balaban J connectivity index is 1.65. The lowest BCUT2D eigenvalue weighted by molar-refractivity contribution is -0.147. The molecular formula is C26H30N2O7. The van der Waals surface area contributed by atoms with Crippen molar-refractivity contribution in [2.24, 2.45) is 0 Å². The highest BCUT2D eigenvalue weighted by atomic mass is 16.5. The van der Waals surface area contributed by atoms with Crippen LogP contribution in [-0.4, -0.2) is 42.7 Å². The first-order valence-corrected chi connectivity index (χ1v) is 11.4. The molecule has 0 unspecified atom stereocenters. The number of ether oxygens (including phenoxy) is 2. The number of amides is 2. The van der Waals surface area contributed by atoms with Gasteiger partial charge in [-0.3, -0.25) is 19.2 Å². The van der Waals surface area contributed by atoms with Crippen LogP contribution in [0.2, 0.25) is 0 Å². The molecule has 2 N–H and O–H groups in total. The molecule has 2 aromatic rings. The van der Waals surface area contributed by atoms with Crippen LogP contribution in [0.3, 0.4) is 0 Å². The maximum atomic E-state index is 12.1. The Bertz CT molecular complexity index is 1050. The van der Waals surface area contributed by atoms with E-state index in [2.05, 4.69) is 10.6 Å². The predicted molar refractivity (Wildman–Crippen MR) is 130 cm³/mol. The monoisotopic (exact) mass is 482 g/mol. The Morgan fingerprint density at radius 2 is 1.49 bits per heavy atom. The number of carbonyl (C=O) groups is 5. The van der Waals surface area contributed by atoms with Crippen molar-refractivity contribution in [1.82, 2.24) is 0 Å². The van der Waals surface area contributed by atoms with Gasteiger partial charge in [0, 0.05) is 29.8 Å². The maximum Gasteiger partial charge on any atom is 0.338 e. The van der Waals surface area contributed by atoms with Crippen molar-refractivity contribution in [3.8, 4) is 0 Å². The van der Waals surface area contributed by atoms with Gasteiger partial charge in [-0.05, 0) is 56.2 Å². The van der Waals surface area contributed by atoms with E-state index in [1.165, 1.54) is 13.0 Å². The van der Waals surface area contributed by atoms with Crippen molar-refractivity contribution in [3.05, 3.63) is 59.7 Å². The molecule has 0 radical (unpaired) electrons. The number of benzene rings is 2. The minimum atomic E-state index is -0.601. The summed E-state index contributed by atoms with van der Waals surface area (Å²) < 4.78 is 10.1. The molecule has 0 aliphatic carbocycles. The molecule has 0 saturated heterocycles. The van der Waals surface area contributed by atoms with Gasteiger partial charge >= 0.3 is 11.9 Å². The number of Topliss-reactive ketones (excluding diaryl/α,β-unsaturated/α-hetero) is 1. The van der Waals surface area contributed by atoms with Gasteiger partial charge in [0.05, 0.1) is 12.2 Å². The van der Waals surface area contributed by atoms with Crippen LogP contribution >= 0.6 is 0 Å². The smallest absolute Gasteiger partial charge is 0.338 e. The molecule has 0 aromatic heterocycles. The van der Waals surface area contributed by atoms with E-state index in [0.717, 1.165) is 12.8 Å². The number of hydrogen-bond donors (Lipinski definition) is 2. The van der Waals surface area contributed by atoms with Gasteiger partial charge in [-0.1, -0.05) is 25.5 Å². The highest BCUT2D eigenvalue weighted by Gasteiger charge is 2.11. The first-order valence-electron chi connectivity index (χ1n) is 11.4. The molecule has 2 amide bonds. The number of rotatable bonds is 13. The Kier molecular flexibility index (Phi) is 11.1. The summed E-state index contributed by atoms with van der Waals surface area (Å²) in [5.74, 6) is -1.96. The molecule has 0 bridgehead atoms. The molecule has 0 atom stereocenters. The molecule has 2 aromatic carbocycles. The van der Waals surface area contributed by atoms with Crippen molar-refractivity contribution in [2.75, 3.05) is 23.8 Å². The molecule has 0 fully saturated rings. The molecule has 0 aliphatic heterocycles. The summed E-state index contributed by atoms with van der Waals surface area (Å²) in [6.07, 6.45) is 2.04. The van der Waals surface area contributed by atoms with Gasteiger partial charge < -0.3 is 20.1 Å². The molecule has 9 heteroatoms. The lowest BCUT2D eigenvalue weighted by Gasteiger charge is -2.08. The van der Waals surface area contributed by atoms with Crippen molar-refractivity contribution in [1.29, 1.82) is 0 Å². The summed E-state index contributed by atoms with van der Waals surface area (Å²) in [5, 5.41) is 5.25. The van der Waals surface area contributed by atoms with Gasteiger partial charge in [0.25, 0.3) is 5.91 Å². The zero-order valence-corrected chi connectivity index (χ0v) is 19.9. The van der Waals surface area contributed by atoms with E-state index in [4.69, 9.17) is 9.47 Å². The molecule has 0 heterocycles. The quantitative estimate of drug-likeness (QED) is 0.249. The van der Waals surface area contributed by atoms with Gasteiger partial charge in [-0.25, -0.2) is 4.79 Å². The molecular weight excluding hydrogens is 452 g/mol. The van der Waals surface area contributed by atoms with Crippen LogP contribution in [-0.2, 0) is 23.9 Å². The van der Waals surface area contributed by atoms with E-state index in [-0.39, 0.29) is 31.0 Å². The summed E-state index contributed by atoms with van der Waals surface area (Å²) in [5.41, 5.74) is 1.81. The van der Waals surface area contributed by atoms with Crippen LogP contribution in [0.25, 0.3) is 0 Å². The summed E-state index contributed by atoms with van der Waals surface area (Å²) in [7, 11) is 0. The SMILES string of the molecule is CCCCOC(=O)c1ccc(NC(=O)CCCC(=O)OCC(=O)Nc2cccc(C(C)=O)c2)cc1. The Labute approximate surface area is 204 Å². The molecule has 186 valence electrons. The van der Waals surface area contributed by atoms with Crippen molar-refractivity contribution in [2.45, 2.75) is 46.0 Å². The van der Waals surface area contributed by atoms with Gasteiger partial charge in [0.15, 0.2) is 12.4 Å². The minimum Gasteiger partial charge on any atom is -0.462 e. The zero-order valence-electron chi connectivity index (χ0n) is 19.9. The maximum absolute atomic E-state index is 12.1.